The van der Waals surface area contributed by atoms with E-state index in [0.717, 1.165) is 63.4 Å². The van der Waals surface area contributed by atoms with Crippen LogP contribution in [0.2, 0.25) is 0 Å². The number of hydrogen-bond acceptors (Lipinski definition) is 5. The third-order valence-corrected chi connectivity index (χ3v) is 6.03. The highest BCUT2D eigenvalue weighted by Gasteiger charge is 2.19. The van der Waals surface area contributed by atoms with Crippen molar-refractivity contribution in [1.29, 1.82) is 0 Å². The third-order valence-electron chi connectivity index (χ3n) is 6.03. The van der Waals surface area contributed by atoms with Crippen molar-refractivity contribution in [3.05, 3.63) is 54.5 Å². The third kappa shape index (κ3) is 3.13. The molecule has 6 rings (SSSR count). The van der Waals surface area contributed by atoms with E-state index in [2.05, 4.69) is 60.4 Å². The first kappa shape index (κ1) is 18.1. The van der Waals surface area contributed by atoms with Gasteiger partial charge in [0.1, 0.15) is 11.2 Å². The lowest BCUT2D eigenvalue weighted by molar-refractivity contribution is 0.579. The van der Waals surface area contributed by atoms with Gasteiger partial charge in [-0.15, -0.1) is 0 Å². The maximum Gasteiger partial charge on any atom is 0.159 e. The second kappa shape index (κ2) is 7.19. The number of nitrogens with one attached hydrogen (secondary N) is 2. The molecule has 0 amide bonds. The molecule has 7 heteroatoms. The average Bonchev–Trinajstić information content (AvgIpc) is 3.43. The molecule has 0 atom stereocenters. The van der Waals surface area contributed by atoms with Crippen molar-refractivity contribution in [3.63, 3.8) is 0 Å². The predicted octanol–water partition coefficient (Wildman–Crippen LogP) is 4.86. The minimum Gasteiger partial charge on any atom is -0.370 e. The SMILES string of the molecule is Cc1cncc(-c2cc3c(-c4nc5c(N6CCCCC6)cccc5[nH]4)n[nH]c3cn2)c1. The lowest BCUT2D eigenvalue weighted by atomic mass is 10.1. The van der Waals surface area contributed by atoms with Gasteiger partial charge in [0.25, 0.3) is 0 Å². The molecule has 154 valence electrons. The number of para-hydroxylation sites is 1. The summed E-state index contributed by atoms with van der Waals surface area (Å²) in [5, 5.41) is 8.66. The number of hydrogen-bond donors (Lipinski definition) is 2. The number of piperidine rings is 1. The van der Waals surface area contributed by atoms with Crippen LogP contribution in [0.15, 0.2) is 48.9 Å². The molecule has 0 unspecified atom stereocenters. The molecule has 5 heterocycles. The van der Waals surface area contributed by atoms with Crippen LogP contribution in [0.25, 0.3) is 44.7 Å². The molecule has 5 aromatic rings. The van der Waals surface area contributed by atoms with Crippen molar-refractivity contribution in [2.75, 3.05) is 18.0 Å². The Balaban J connectivity index is 1.46. The highest BCUT2D eigenvalue weighted by atomic mass is 15.2. The zero-order valence-electron chi connectivity index (χ0n) is 17.4. The molecule has 0 aliphatic carbocycles. The number of aryl methyl sites for hydroxylation is 1. The second-order valence-corrected chi connectivity index (χ2v) is 8.24. The lowest BCUT2D eigenvalue weighted by Crippen LogP contribution is -2.29. The summed E-state index contributed by atoms with van der Waals surface area (Å²) in [6.07, 6.45) is 9.30. The van der Waals surface area contributed by atoms with Crippen LogP contribution in [0.3, 0.4) is 0 Å². The second-order valence-electron chi connectivity index (χ2n) is 8.24. The molecule has 1 fully saturated rings. The zero-order valence-corrected chi connectivity index (χ0v) is 17.4. The van der Waals surface area contributed by atoms with E-state index in [1.54, 1.807) is 0 Å². The molecule has 0 saturated carbocycles. The van der Waals surface area contributed by atoms with Gasteiger partial charge in [-0.25, -0.2) is 4.98 Å². The molecule has 1 aliphatic rings. The molecular weight excluding hydrogens is 386 g/mol. The maximum atomic E-state index is 4.98. The molecule has 0 radical (unpaired) electrons. The normalized spacial score (nSPS) is 14.5. The Morgan fingerprint density at radius 1 is 0.968 bits per heavy atom. The van der Waals surface area contributed by atoms with Crippen molar-refractivity contribution in [2.45, 2.75) is 26.2 Å². The number of imidazole rings is 1. The number of rotatable bonds is 3. The molecule has 1 aliphatic heterocycles. The number of H-pyrrole nitrogens is 2. The fourth-order valence-corrected chi connectivity index (χ4v) is 4.47. The van der Waals surface area contributed by atoms with Crippen LogP contribution < -0.4 is 4.90 Å². The standard InChI is InChI=1S/C24H23N7/c1-15-10-16(13-25-12-15)19-11-17-20(14-26-19)29-30-22(17)24-27-18-6-5-7-21(23(18)28-24)31-8-3-2-4-9-31/h5-7,10-14H,2-4,8-9H2,1H3,(H,27,28)(H,29,30). The van der Waals surface area contributed by atoms with Gasteiger partial charge in [-0.1, -0.05) is 6.07 Å². The van der Waals surface area contributed by atoms with Crippen LogP contribution in [-0.2, 0) is 0 Å². The highest BCUT2D eigenvalue weighted by Crippen LogP contribution is 2.32. The zero-order chi connectivity index (χ0) is 20.8. The van der Waals surface area contributed by atoms with Crippen molar-refractivity contribution >= 4 is 27.6 Å². The fraction of sp³-hybridized carbons (Fsp3) is 0.250. The summed E-state index contributed by atoms with van der Waals surface area (Å²) in [6, 6.07) is 10.5. The average molecular weight is 409 g/mol. The van der Waals surface area contributed by atoms with Crippen molar-refractivity contribution < 1.29 is 0 Å². The molecule has 7 nitrogen and oxygen atoms in total. The minimum atomic E-state index is 0.769. The van der Waals surface area contributed by atoms with Gasteiger partial charge in [-0.3, -0.25) is 15.1 Å². The van der Waals surface area contributed by atoms with Crippen LogP contribution in [0.1, 0.15) is 24.8 Å². The molecular formula is C24H23N7. The summed E-state index contributed by atoms with van der Waals surface area (Å²) in [6.45, 7) is 4.21. The van der Waals surface area contributed by atoms with E-state index in [-0.39, 0.29) is 0 Å². The number of aromatic nitrogens is 6. The van der Waals surface area contributed by atoms with Gasteiger partial charge in [-0.2, -0.15) is 5.10 Å². The van der Waals surface area contributed by atoms with E-state index in [1.165, 1.54) is 24.9 Å². The summed E-state index contributed by atoms with van der Waals surface area (Å²) in [4.78, 5) is 19.8. The number of pyridine rings is 2. The Bertz CT molecular complexity index is 1390. The van der Waals surface area contributed by atoms with Crippen molar-refractivity contribution in [2.24, 2.45) is 0 Å². The number of benzene rings is 1. The summed E-state index contributed by atoms with van der Waals surface area (Å²) >= 11 is 0. The molecule has 2 N–H and O–H groups in total. The molecule has 0 bridgehead atoms. The van der Waals surface area contributed by atoms with Gasteiger partial charge in [0.15, 0.2) is 5.82 Å². The van der Waals surface area contributed by atoms with E-state index in [0.29, 0.717) is 0 Å². The fourth-order valence-electron chi connectivity index (χ4n) is 4.47. The summed E-state index contributed by atoms with van der Waals surface area (Å²) in [5.74, 6) is 0.769. The Kier molecular flexibility index (Phi) is 4.19. The lowest BCUT2D eigenvalue weighted by Gasteiger charge is -2.28. The van der Waals surface area contributed by atoms with Gasteiger partial charge in [0.2, 0.25) is 0 Å². The van der Waals surface area contributed by atoms with E-state index in [4.69, 9.17) is 4.98 Å². The van der Waals surface area contributed by atoms with E-state index < -0.39 is 0 Å². The number of fused-ring (bicyclic) bond motifs is 2. The number of aromatic amines is 2. The first-order valence-electron chi connectivity index (χ1n) is 10.8. The molecule has 4 aromatic heterocycles. The largest absolute Gasteiger partial charge is 0.370 e. The smallest absolute Gasteiger partial charge is 0.159 e. The monoisotopic (exact) mass is 409 g/mol. The van der Waals surface area contributed by atoms with E-state index in [9.17, 15) is 0 Å². The Morgan fingerprint density at radius 2 is 1.87 bits per heavy atom. The Labute approximate surface area is 179 Å². The van der Waals surface area contributed by atoms with Crippen molar-refractivity contribution in [3.8, 4) is 22.8 Å². The van der Waals surface area contributed by atoms with Gasteiger partial charge in [-0.05, 0) is 56.0 Å². The van der Waals surface area contributed by atoms with Crippen molar-refractivity contribution in [1.82, 2.24) is 30.1 Å². The Hall–Kier alpha value is -3.74. The van der Waals surface area contributed by atoms with Gasteiger partial charge < -0.3 is 9.88 Å². The Morgan fingerprint density at radius 3 is 2.74 bits per heavy atom. The molecule has 0 spiro atoms. The van der Waals surface area contributed by atoms with Gasteiger partial charge >= 0.3 is 0 Å². The van der Waals surface area contributed by atoms with Crippen LogP contribution in [0, 0.1) is 6.92 Å². The maximum absolute atomic E-state index is 4.98. The summed E-state index contributed by atoms with van der Waals surface area (Å²) < 4.78 is 0. The van der Waals surface area contributed by atoms with Crippen LogP contribution in [0.5, 0.6) is 0 Å². The van der Waals surface area contributed by atoms with Gasteiger partial charge in [0, 0.05) is 36.4 Å². The summed E-state index contributed by atoms with van der Waals surface area (Å²) in [5.41, 5.74) is 7.90. The van der Waals surface area contributed by atoms with Crippen LogP contribution in [0.4, 0.5) is 5.69 Å². The number of anilines is 1. The van der Waals surface area contributed by atoms with E-state index in [1.807, 2.05) is 25.5 Å². The van der Waals surface area contributed by atoms with Crippen LogP contribution in [-0.4, -0.2) is 43.2 Å². The topological polar surface area (TPSA) is 86.4 Å². The molecule has 1 aromatic carbocycles. The van der Waals surface area contributed by atoms with Crippen LogP contribution >= 0.6 is 0 Å². The first-order chi connectivity index (χ1) is 15.3. The minimum absolute atomic E-state index is 0.769. The predicted molar refractivity (Wildman–Crippen MR) is 123 cm³/mol. The summed E-state index contributed by atoms with van der Waals surface area (Å²) in [7, 11) is 0. The number of nitrogens with zero attached hydrogens (tertiary/aromatic N) is 5. The van der Waals surface area contributed by atoms with E-state index >= 15 is 0 Å². The van der Waals surface area contributed by atoms with Gasteiger partial charge in [0.05, 0.1) is 28.6 Å². The molecule has 31 heavy (non-hydrogen) atoms. The highest BCUT2D eigenvalue weighted by molar-refractivity contribution is 5.96. The first-order valence-corrected chi connectivity index (χ1v) is 10.8. The quantitative estimate of drug-likeness (QED) is 0.444. The molecule has 1 saturated heterocycles.